The van der Waals surface area contributed by atoms with E-state index < -0.39 is 0 Å². The third kappa shape index (κ3) is 2.07. The summed E-state index contributed by atoms with van der Waals surface area (Å²) in [6, 6.07) is 16.2. The monoisotopic (exact) mass is 315 g/mol. The first kappa shape index (κ1) is 14.3. The molecule has 0 N–H and O–H groups in total. The number of hydrogen-bond donors (Lipinski definition) is 0. The van der Waals surface area contributed by atoms with Gasteiger partial charge in [0.1, 0.15) is 0 Å². The van der Waals surface area contributed by atoms with Crippen molar-refractivity contribution in [1.29, 1.82) is 0 Å². The summed E-state index contributed by atoms with van der Waals surface area (Å²) in [7, 11) is 0. The van der Waals surface area contributed by atoms with Gasteiger partial charge in [0.15, 0.2) is 0 Å². The first-order valence-corrected chi connectivity index (χ1v) is 9.54. The van der Waals surface area contributed by atoms with Crippen LogP contribution in [0.15, 0.2) is 54.6 Å². The minimum Gasteiger partial charge on any atom is -0.340 e. The van der Waals surface area contributed by atoms with E-state index >= 15 is 0 Å². The Balaban J connectivity index is 1.66. The van der Waals surface area contributed by atoms with Crippen LogP contribution in [0, 0.1) is 11.8 Å². The summed E-state index contributed by atoms with van der Waals surface area (Å²) in [5, 5.41) is 2.87. The maximum atomic E-state index is 2.53. The first-order chi connectivity index (χ1) is 11.8. The molecule has 122 valence electrons. The van der Waals surface area contributed by atoms with Crippen LogP contribution >= 0.6 is 0 Å². The molecule has 3 unspecified atom stereocenters. The average molecular weight is 315 g/mol. The van der Waals surface area contributed by atoms with Crippen LogP contribution in [0.25, 0.3) is 21.8 Å². The molecular formula is C23H25N. The average Bonchev–Trinajstić information content (AvgIpc) is 3.33. The summed E-state index contributed by atoms with van der Waals surface area (Å²) in [6.45, 7) is 3.39. The number of aromatic nitrogens is 1. The molecule has 5 rings (SSSR count). The number of hydrogen-bond acceptors (Lipinski definition) is 0. The summed E-state index contributed by atoms with van der Waals surface area (Å²) in [4.78, 5) is 0. The molecule has 3 aromatic rings. The van der Waals surface area contributed by atoms with Crippen LogP contribution in [0.5, 0.6) is 0 Å². The molecule has 3 atom stereocenters. The number of para-hydroxylation sites is 1. The van der Waals surface area contributed by atoms with Gasteiger partial charge in [-0.25, -0.2) is 0 Å². The van der Waals surface area contributed by atoms with Crippen molar-refractivity contribution in [3.63, 3.8) is 0 Å². The highest BCUT2D eigenvalue weighted by molar-refractivity contribution is 6.08. The van der Waals surface area contributed by atoms with Gasteiger partial charge in [0.2, 0.25) is 0 Å². The van der Waals surface area contributed by atoms with Crippen molar-refractivity contribution in [2.24, 2.45) is 11.8 Å². The second-order valence-corrected chi connectivity index (χ2v) is 7.69. The van der Waals surface area contributed by atoms with E-state index in [-0.39, 0.29) is 0 Å². The van der Waals surface area contributed by atoms with Crippen LogP contribution in [0.4, 0.5) is 0 Å². The summed E-state index contributed by atoms with van der Waals surface area (Å²) in [6.07, 6.45) is 10.1. The van der Waals surface area contributed by atoms with Crippen LogP contribution in [0.3, 0.4) is 0 Å². The number of rotatable bonds is 4. The Bertz CT molecular complexity index is 930. The predicted molar refractivity (Wildman–Crippen MR) is 102 cm³/mol. The molecule has 1 nitrogen and oxygen atoms in total. The zero-order valence-corrected chi connectivity index (χ0v) is 14.4. The lowest BCUT2D eigenvalue weighted by molar-refractivity contribution is 0.586. The zero-order valence-electron chi connectivity index (χ0n) is 14.4. The SMILES string of the molecule is CCCCn1c2ccccc2c2cc(C3CC4C=CC3C4)ccc21. The maximum absolute atomic E-state index is 2.53. The lowest BCUT2D eigenvalue weighted by Crippen LogP contribution is -2.05. The van der Waals surface area contributed by atoms with E-state index in [1.807, 2.05) is 0 Å². The Hall–Kier alpha value is -2.02. The molecule has 2 bridgehead atoms. The molecule has 0 saturated heterocycles. The van der Waals surface area contributed by atoms with Crippen molar-refractivity contribution in [3.8, 4) is 0 Å². The standard InChI is InChI=1S/C23H25N/c1-2-3-12-24-22-7-5-4-6-19(22)21-15-18(10-11-23(21)24)20-14-16-8-9-17(20)13-16/h4-11,15-17,20H,2-3,12-14H2,1H3. The normalized spacial score (nSPS) is 25.3. The van der Waals surface area contributed by atoms with Gasteiger partial charge in [0, 0.05) is 28.4 Å². The molecule has 0 radical (unpaired) electrons. The van der Waals surface area contributed by atoms with Crippen LogP contribution in [-0.2, 0) is 6.54 Å². The molecule has 2 aromatic carbocycles. The molecule has 1 heteroatoms. The Kier molecular flexibility index (Phi) is 3.29. The van der Waals surface area contributed by atoms with Crippen molar-refractivity contribution in [2.45, 2.75) is 45.1 Å². The topological polar surface area (TPSA) is 4.93 Å². The maximum Gasteiger partial charge on any atom is 0.0491 e. The number of allylic oxidation sites excluding steroid dienone is 2. The van der Waals surface area contributed by atoms with E-state index in [1.165, 1.54) is 47.5 Å². The van der Waals surface area contributed by atoms with Crippen LogP contribution in [0.1, 0.15) is 44.1 Å². The van der Waals surface area contributed by atoms with Gasteiger partial charge >= 0.3 is 0 Å². The van der Waals surface area contributed by atoms with Gasteiger partial charge in [-0.1, -0.05) is 49.8 Å². The molecule has 1 saturated carbocycles. The van der Waals surface area contributed by atoms with Gasteiger partial charge in [0.25, 0.3) is 0 Å². The molecule has 24 heavy (non-hydrogen) atoms. The number of nitrogens with zero attached hydrogens (tertiary/aromatic N) is 1. The van der Waals surface area contributed by atoms with Gasteiger partial charge in [-0.2, -0.15) is 0 Å². The van der Waals surface area contributed by atoms with E-state index in [2.05, 4.69) is 66.1 Å². The molecule has 2 aliphatic carbocycles. The molecule has 0 amide bonds. The van der Waals surface area contributed by atoms with Gasteiger partial charge in [-0.05, 0) is 60.8 Å². The van der Waals surface area contributed by atoms with Crippen molar-refractivity contribution in [1.82, 2.24) is 4.57 Å². The van der Waals surface area contributed by atoms with Crippen LogP contribution in [0.2, 0.25) is 0 Å². The van der Waals surface area contributed by atoms with Crippen molar-refractivity contribution in [3.05, 3.63) is 60.2 Å². The summed E-state index contributed by atoms with van der Waals surface area (Å²) >= 11 is 0. The number of benzene rings is 2. The van der Waals surface area contributed by atoms with Crippen LogP contribution in [-0.4, -0.2) is 4.57 Å². The molecule has 1 aromatic heterocycles. The highest BCUT2D eigenvalue weighted by atomic mass is 15.0. The quantitative estimate of drug-likeness (QED) is 0.500. The highest BCUT2D eigenvalue weighted by Crippen LogP contribution is 2.49. The molecule has 2 aliphatic rings. The third-order valence-electron chi connectivity index (χ3n) is 6.24. The minimum atomic E-state index is 0.738. The number of fused-ring (bicyclic) bond motifs is 5. The summed E-state index contributed by atoms with van der Waals surface area (Å²) < 4.78 is 2.53. The van der Waals surface area contributed by atoms with E-state index in [0.717, 1.165) is 24.3 Å². The lowest BCUT2D eigenvalue weighted by atomic mass is 9.86. The summed E-state index contributed by atoms with van der Waals surface area (Å²) in [5.74, 6) is 2.35. The fraction of sp³-hybridized carbons (Fsp3) is 0.391. The van der Waals surface area contributed by atoms with Crippen molar-refractivity contribution < 1.29 is 0 Å². The van der Waals surface area contributed by atoms with E-state index in [1.54, 1.807) is 5.56 Å². The highest BCUT2D eigenvalue weighted by Gasteiger charge is 2.36. The van der Waals surface area contributed by atoms with Gasteiger partial charge in [-0.15, -0.1) is 0 Å². The molecular weight excluding hydrogens is 290 g/mol. The zero-order chi connectivity index (χ0) is 16.1. The predicted octanol–water partition coefficient (Wildman–Crippen LogP) is 6.27. The molecule has 0 aliphatic heterocycles. The molecule has 1 fully saturated rings. The Morgan fingerprint density at radius 2 is 1.83 bits per heavy atom. The first-order valence-electron chi connectivity index (χ1n) is 9.54. The van der Waals surface area contributed by atoms with E-state index in [9.17, 15) is 0 Å². The molecule has 0 spiro atoms. The third-order valence-corrected chi connectivity index (χ3v) is 6.24. The Morgan fingerprint density at radius 1 is 0.958 bits per heavy atom. The summed E-state index contributed by atoms with van der Waals surface area (Å²) in [5.41, 5.74) is 4.36. The molecule has 1 heterocycles. The number of aryl methyl sites for hydroxylation is 1. The van der Waals surface area contributed by atoms with E-state index in [0.29, 0.717) is 0 Å². The minimum absolute atomic E-state index is 0.738. The van der Waals surface area contributed by atoms with Crippen molar-refractivity contribution in [2.75, 3.05) is 0 Å². The lowest BCUT2D eigenvalue weighted by Gasteiger charge is -2.18. The van der Waals surface area contributed by atoms with Crippen molar-refractivity contribution >= 4 is 21.8 Å². The number of unbranched alkanes of at least 4 members (excludes halogenated alkanes) is 1. The largest absolute Gasteiger partial charge is 0.340 e. The van der Waals surface area contributed by atoms with Crippen LogP contribution < -0.4 is 0 Å². The second-order valence-electron chi connectivity index (χ2n) is 7.69. The Morgan fingerprint density at radius 3 is 2.62 bits per heavy atom. The smallest absolute Gasteiger partial charge is 0.0491 e. The van der Waals surface area contributed by atoms with Gasteiger partial charge in [0.05, 0.1) is 0 Å². The second kappa shape index (κ2) is 5.51. The fourth-order valence-electron chi connectivity index (χ4n) is 5.02. The van der Waals surface area contributed by atoms with Gasteiger partial charge < -0.3 is 4.57 Å². The fourth-order valence-corrected chi connectivity index (χ4v) is 5.02. The van der Waals surface area contributed by atoms with Gasteiger partial charge in [-0.3, -0.25) is 0 Å². The van der Waals surface area contributed by atoms with E-state index in [4.69, 9.17) is 0 Å². The Labute approximate surface area is 144 Å².